The summed E-state index contributed by atoms with van der Waals surface area (Å²) in [5, 5.41) is 17.5. The van der Waals surface area contributed by atoms with Gasteiger partial charge < -0.3 is 20.1 Å². The number of hydrogen-bond donors (Lipinski definition) is 2. The van der Waals surface area contributed by atoms with Crippen LogP contribution in [0.1, 0.15) is 42.6 Å². The van der Waals surface area contributed by atoms with Crippen molar-refractivity contribution in [3.8, 4) is 11.4 Å². The Morgan fingerprint density at radius 2 is 2.14 bits per heavy atom. The highest BCUT2D eigenvalue weighted by molar-refractivity contribution is 5.99. The predicted molar refractivity (Wildman–Crippen MR) is 106 cm³/mol. The minimum absolute atomic E-state index is 0.0710. The van der Waals surface area contributed by atoms with Gasteiger partial charge in [0, 0.05) is 24.5 Å². The largest absolute Gasteiger partial charge is 0.488 e. The molecule has 0 spiro atoms. The standard InChI is InChI=1S/C21H27FN4O3/c1-21(2,28)19(22)13-25-12-14-10-17(26-9-3-6-24-26)18(11-16(14)20(25)27)29-15-4-7-23-8-5-15/h3,6,9-11,15,19,23,28H,4-5,7-8,12-13H2,1-2H3/t19-/m1/s1. The van der Waals surface area contributed by atoms with Gasteiger partial charge in [0.2, 0.25) is 0 Å². The van der Waals surface area contributed by atoms with E-state index in [0.717, 1.165) is 37.2 Å². The second-order valence-corrected chi connectivity index (χ2v) is 8.30. The van der Waals surface area contributed by atoms with Crippen LogP contribution in [0, 0.1) is 0 Å². The molecule has 4 rings (SSSR count). The average Bonchev–Trinajstić information content (AvgIpc) is 3.31. The lowest BCUT2D eigenvalue weighted by Gasteiger charge is -2.26. The molecule has 156 valence electrons. The summed E-state index contributed by atoms with van der Waals surface area (Å²) in [6.45, 7) is 4.76. The summed E-state index contributed by atoms with van der Waals surface area (Å²) < 4.78 is 22.4. The quantitative estimate of drug-likeness (QED) is 0.773. The lowest BCUT2D eigenvalue weighted by Crippen LogP contribution is -2.42. The van der Waals surface area contributed by atoms with E-state index in [1.54, 1.807) is 16.9 Å². The first kappa shape index (κ1) is 19.8. The molecule has 1 saturated heterocycles. The van der Waals surface area contributed by atoms with Gasteiger partial charge in [-0.3, -0.25) is 4.79 Å². The maximum atomic E-state index is 14.4. The van der Waals surface area contributed by atoms with E-state index in [1.165, 1.54) is 18.7 Å². The number of carbonyl (C=O) groups is 1. The fourth-order valence-electron chi connectivity index (χ4n) is 3.73. The number of amides is 1. The first-order valence-corrected chi connectivity index (χ1v) is 10.0. The topological polar surface area (TPSA) is 79.6 Å². The second-order valence-electron chi connectivity index (χ2n) is 8.30. The highest BCUT2D eigenvalue weighted by Crippen LogP contribution is 2.34. The summed E-state index contributed by atoms with van der Waals surface area (Å²) >= 11 is 0. The maximum absolute atomic E-state index is 14.4. The fraction of sp³-hybridized carbons (Fsp3) is 0.524. The zero-order chi connectivity index (χ0) is 20.6. The highest BCUT2D eigenvalue weighted by atomic mass is 19.1. The van der Waals surface area contributed by atoms with Crippen LogP contribution in [0.25, 0.3) is 5.69 Å². The number of rotatable bonds is 6. The highest BCUT2D eigenvalue weighted by Gasteiger charge is 2.35. The van der Waals surface area contributed by atoms with Gasteiger partial charge in [0.15, 0.2) is 0 Å². The lowest BCUT2D eigenvalue weighted by molar-refractivity contribution is -0.0159. The van der Waals surface area contributed by atoms with E-state index in [9.17, 15) is 14.3 Å². The van der Waals surface area contributed by atoms with Gasteiger partial charge in [-0.05, 0) is 63.5 Å². The Morgan fingerprint density at radius 3 is 2.79 bits per heavy atom. The van der Waals surface area contributed by atoms with Crippen LogP contribution in [0.2, 0.25) is 0 Å². The molecule has 8 heteroatoms. The number of carbonyl (C=O) groups excluding carboxylic acids is 1. The van der Waals surface area contributed by atoms with E-state index in [2.05, 4.69) is 10.4 Å². The summed E-state index contributed by atoms with van der Waals surface area (Å²) in [7, 11) is 0. The van der Waals surface area contributed by atoms with E-state index < -0.39 is 11.8 Å². The molecule has 7 nitrogen and oxygen atoms in total. The van der Waals surface area contributed by atoms with E-state index in [4.69, 9.17) is 4.74 Å². The molecule has 1 atom stereocenters. The van der Waals surface area contributed by atoms with Gasteiger partial charge in [-0.15, -0.1) is 0 Å². The summed E-state index contributed by atoms with van der Waals surface area (Å²) in [6, 6.07) is 5.48. The van der Waals surface area contributed by atoms with Crippen molar-refractivity contribution in [1.82, 2.24) is 20.0 Å². The molecule has 3 heterocycles. The molecule has 0 aliphatic carbocycles. The van der Waals surface area contributed by atoms with Crippen LogP contribution in [0.3, 0.4) is 0 Å². The van der Waals surface area contributed by atoms with Crippen molar-refractivity contribution in [3.05, 3.63) is 41.7 Å². The lowest BCUT2D eigenvalue weighted by atomic mass is 10.0. The molecule has 1 amide bonds. The monoisotopic (exact) mass is 402 g/mol. The number of hydrogen-bond acceptors (Lipinski definition) is 5. The van der Waals surface area contributed by atoms with Gasteiger partial charge in [0.05, 0.1) is 12.1 Å². The minimum atomic E-state index is -1.53. The molecule has 29 heavy (non-hydrogen) atoms. The van der Waals surface area contributed by atoms with Crippen molar-refractivity contribution in [2.45, 2.75) is 51.1 Å². The first-order valence-electron chi connectivity index (χ1n) is 10.0. The van der Waals surface area contributed by atoms with Crippen molar-refractivity contribution in [2.75, 3.05) is 19.6 Å². The molecule has 0 radical (unpaired) electrons. The average molecular weight is 402 g/mol. The van der Waals surface area contributed by atoms with Crippen LogP contribution in [0.4, 0.5) is 4.39 Å². The third-order valence-corrected chi connectivity index (χ3v) is 5.54. The van der Waals surface area contributed by atoms with Gasteiger partial charge in [-0.25, -0.2) is 9.07 Å². The zero-order valence-electron chi connectivity index (χ0n) is 16.8. The van der Waals surface area contributed by atoms with Crippen LogP contribution in [-0.4, -0.2) is 63.2 Å². The zero-order valence-corrected chi connectivity index (χ0v) is 16.8. The van der Waals surface area contributed by atoms with E-state index in [1.807, 2.05) is 18.3 Å². The molecule has 1 aromatic heterocycles. The molecule has 1 fully saturated rings. The van der Waals surface area contributed by atoms with Gasteiger partial charge in [0.25, 0.3) is 5.91 Å². The molecular formula is C21H27FN4O3. The third-order valence-electron chi connectivity index (χ3n) is 5.54. The Morgan fingerprint density at radius 1 is 1.38 bits per heavy atom. The van der Waals surface area contributed by atoms with Gasteiger partial charge in [-0.1, -0.05) is 0 Å². The van der Waals surface area contributed by atoms with Crippen LogP contribution >= 0.6 is 0 Å². The second kappa shape index (κ2) is 7.76. The van der Waals surface area contributed by atoms with Crippen molar-refractivity contribution in [3.63, 3.8) is 0 Å². The number of benzene rings is 1. The number of ether oxygens (including phenoxy) is 1. The number of nitrogens with zero attached hydrogens (tertiary/aromatic N) is 3. The number of piperidine rings is 1. The number of fused-ring (bicyclic) bond motifs is 1. The number of aromatic nitrogens is 2. The number of alkyl halides is 1. The Kier molecular flexibility index (Phi) is 5.31. The molecule has 2 aromatic rings. The van der Waals surface area contributed by atoms with E-state index in [0.29, 0.717) is 17.9 Å². The molecule has 0 bridgehead atoms. The summed E-state index contributed by atoms with van der Waals surface area (Å²) in [4.78, 5) is 14.3. The summed E-state index contributed by atoms with van der Waals surface area (Å²) in [5.74, 6) is 0.364. The molecule has 0 saturated carbocycles. The molecule has 2 aliphatic heterocycles. The van der Waals surface area contributed by atoms with Gasteiger partial charge >= 0.3 is 0 Å². The Bertz CT molecular complexity index is 873. The van der Waals surface area contributed by atoms with Crippen LogP contribution in [0.5, 0.6) is 5.75 Å². The Hall–Kier alpha value is -2.45. The maximum Gasteiger partial charge on any atom is 0.254 e. The van der Waals surface area contributed by atoms with E-state index in [-0.39, 0.29) is 18.6 Å². The Labute approximate surface area is 169 Å². The van der Waals surface area contributed by atoms with Crippen LogP contribution in [-0.2, 0) is 6.54 Å². The molecular weight excluding hydrogens is 375 g/mol. The van der Waals surface area contributed by atoms with Crippen molar-refractivity contribution < 1.29 is 19.0 Å². The summed E-state index contributed by atoms with van der Waals surface area (Å²) in [5.41, 5.74) is 0.591. The minimum Gasteiger partial charge on any atom is -0.488 e. The van der Waals surface area contributed by atoms with Gasteiger partial charge in [-0.2, -0.15) is 5.10 Å². The van der Waals surface area contributed by atoms with Crippen molar-refractivity contribution in [1.29, 1.82) is 0 Å². The molecule has 1 aromatic carbocycles. The predicted octanol–water partition coefficient (Wildman–Crippen LogP) is 2.07. The Balaban J connectivity index is 1.63. The third kappa shape index (κ3) is 4.13. The number of aliphatic hydroxyl groups is 1. The van der Waals surface area contributed by atoms with Crippen molar-refractivity contribution >= 4 is 5.91 Å². The summed E-state index contributed by atoms with van der Waals surface area (Å²) in [6.07, 6.45) is 3.85. The smallest absolute Gasteiger partial charge is 0.254 e. The van der Waals surface area contributed by atoms with Crippen molar-refractivity contribution in [2.24, 2.45) is 0 Å². The SMILES string of the molecule is CC(C)(O)[C@H](F)CN1Cc2cc(-n3cccn3)c(OC3CCNCC3)cc2C1=O. The molecule has 2 N–H and O–H groups in total. The van der Waals surface area contributed by atoms with Crippen LogP contribution < -0.4 is 10.1 Å². The number of nitrogens with one attached hydrogen (secondary N) is 1. The number of halogens is 1. The van der Waals surface area contributed by atoms with Gasteiger partial charge in [0.1, 0.15) is 23.7 Å². The normalized spacial score (nSPS) is 18.8. The van der Waals surface area contributed by atoms with Crippen LogP contribution in [0.15, 0.2) is 30.6 Å². The molecule has 0 unspecified atom stereocenters. The first-order chi connectivity index (χ1) is 13.8. The molecule has 2 aliphatic rings. The fourth-order valence-corrected chi connectivity index (χ4v) is 3.73. The van der Waals surface area contributed by atoms with E-state index >= 15 is 0 Å².